The molecule has 0 aliphatic heterocycles. The van der Waals surface area contributed by atoms with E-state index in [1.807, 2.05) is 38.1 Å². The molecule has 0 aromatic heterocycles. The van der Waals surface area contributed by atoms with Crippen LogP contribution in [0.1, 0.15) is 51.7 Å². The highest BCUT2D eigenvalue weighted by atomic mass is 16.5. The monoisotopic (exact) mass is 352 g/mol. The molecule has 0 bridgehead atoms. The molecule has 4 heteroatoms. The maximum atomic E-state index is 11.3. The quantitative estimate of drug-likeness (QED) is 0.404. The minimum absolute atomic E-state index is 0.245. The van der Waals surface area contributed by atoms with Crippen molar-refractivity contribution in [3.63, 3.8) is 0 Å². The van der Waals surface area contributed by atoms with Gasteiger partial charge >= 0.3 is 11.9 Å². The van der Waals surface area contributed by atoms with Crippen molar-refractivity contribution < 1.29 is 19.1 Å². The van der Waals surface area contributed by atoms with Gasteiger partial charge < -0.3 is 9.47 Å². The van der Waals surface area contributed by atoms with Gasteiger partial charge in [-0.15, -0.1) is 0 Å². The van der Waals surface area contributed by atoms with Crippen molar-refractivity contribution in [2.75, 3.05) is 0 Å². The fourth-order valence-electron chi connectivity index (χ4n) is 2.39. The predicted molar refractivity (Wildman–Crippen MR) is 103 cm³/mol. The van der Waals surface area contributed by atoms with E-state index in [9.17, 15) is 9.59 Å². The molecule has 0 amide bonds. The van der Waals surface area contributed by atoms with E-state index >= 15 is 0 Å². The molecule has 0 fully saturated rings. The fourth-order valence-corrected chi connectivity index (χ4v) is 2.39. The van der Waals surface area contributed by atoms with Gasteiger partial charge in [-0.05, 0) is 60.4 Å². The van der Waals surface area contributed by atoms with Gasteiger partial charge in [0, 0.05) is 12.8 Å². The summed E-state index contributed by atoms with van der Waals surface area (Å²) >= 11 is 0. The Labute approximate surface area is 154 Å². The summed E-state index contributed by atoms with van der Waals surface area (Å²) < 4.78 is 10.4. The molecule has 0 saturated heterocycles. The largest absolute Gasteiger partial charge is 0.427 e. The van der Waals surface area contributed by atoms with Gasteiger partial charge in [-0.1, -0.05) is 38.1 Å². The molecular formula is C22H24O4. The third-order valence-corrected chi connectivity index (χ3v) is 4.18. The van der Waals surface area contributed by atoms with Crippen molar-refractivity contribution in [2.45, 2.75) is 40.5 Å². The van der Waals surface area contributed by atoms with E-state index in [0.717, 1.165) is 22.3 Å². The van der Waals surface area contributed by atoms with Crippen LogP contribution in [0.5, 0.6) is 11.5 Å². The Balaban J connectivity index is 2.17. The minimum atomic E-state index is -0.245. The van der Waals surface area contributed by atoms with Crippen LogP contribution in [-0.2, 0) is 9.59 Å². The Morgan fingerprint density at radius 1 is 0.654 bits per heavy atom. The summed E-state index contributed by atoms with van der Waals surface area (Å²) in [5, 5.41) is 0. The van der Waals surface area contributed by atoms with E-state index < -0.39 is 0 Å². The van der Waals surface area contributed by atoms with E-state index in [-0.39, 0.29) is 11.9 Å². The van der Waals surface area contributed by atoms with Crippen LogP contribution in [0, 0.1) is 0 Å². The highest BCUT2D eigenvalue weighted by Gasteiger charge is 2.07. The predicted octanol–water partition coefficient (Wildman–Crippen LogP) is 5.27. The van der Waals surface area contributed by atoms with Crippen LogP contribution in [-0.4, -0.2) is 11.9 Å². The van der Waals surface area contributed by atoms with Gasteiger partial charge in [-0.3, -0.25) is 9.59 Å². The third-order valence-electron chi connectivity index (χ3n) is 4.18. The highest BCUT2D eigenvalue weighted by Crippen LogP contribution is 2.28. The van der Waals surface area contributed by atoms with E-state index in [1.54, 1.807) is 38.1 Å². The summed E-state index contributed by atoms with van der Waals surface area (Å²) in [6.07, 6.45) is 0.701. The van der Waals surface area contributed by atoms with Gasteiger partial charge in [0.05, 0.1) is 0 Å². The maximum Gasteiger partial charge on any atom is 0.310 e. The molecule has 0 saturated carbocycles. The van der Waals surface area contributed by atoms with E-state index in [1.165, 1.54) is 0 Å². The van der Waals surface area contributed by atoms with Crippen molar-refractivity contribution in [3.05, 3.63) is 59.7 Å². The molecule has 4 nitrogen and oxygen atoms in total. The molecule has 2 aromatic carbocycles. The Morgan fingerprint density at radius 3 is 1.23 bits per heavy atom. The Bertz CT molecular complexity index is 730. The molecule has 0 aliphatic rings. The number of ether oxygens (including phenoxy) is 2. The Morgan fingerprint density at radius 2 is 0.962 bits per heavy atom. The van der Waals surface area contributed by atoms with Crippen molar-refractivity contribution in [1.82, 2.24) is 0 Å². The van der Waals surface area contributed by atoms with E-state index in [0.29, 0.717) is 24.3 Å². The average Bonchev–Trinajstić information content (AvgIpc) is 2.67. The summed E-state index contributed by atoms with van der Waals surface area (Å²) in [4.78, 5) is 22.7. The second-order valence-corrected chi connectivity index (χ2v) is 5.95. The molecule has 2 rings (SSSR count). The van der Waals surface area contributed by atoms with Crippen molar-refractivity contribution in [1.29, 1.82) is 0 Å². The zero-order valence-corrected chi connectivity index (χ0v) is 15.7. The van der Waals surface area contributed by atoms with Gasteiger partial charge in [0.1, 0.15) is 11.5 Å². The summed E-state index contributed by atoms with van der Waals surface area (Å²) in [6.45, 7) is 7.63. The summed E-state index contributed by atoms with van der Waals surface area (Å²) in [5.74, 6) is 0.608. The summed E-state index contributed by atoms with van der Waals surface area (Å²) in [7, 11) is 0. The molecule has 0 heterocycles. The van der Waals surface area contributed by atoms with Crippen LogP contribution in [0.2, 0.25) is 0 Å². The maximum absolute atomic E-state index is 11.3. The van der Waals surface area contributed by atoms with E-state index in [4.69, 9.17) is 9.47 Å². The molecule has 2 aromatic rings. The molecular weight excluding hydrogens is 328 g/mol. The zero-order valence-electron chi connectivity index (χ0n) is 15.7. The van der Waals surface area contributed by atoms with Gasteiger partial charge in [-0.2, -0.15) is 0 Å². The van der Waals surface area contributed by atoms with Crippen molar-refractivity contribution in [2.24, 2.45) is 0 Å². The molecule has 0 spiro atoms. The van der Waals surface area contributed by atoms with Gasteiger partial charge in [-0.25, -0.2) is 0 Å². The fraction of sp³-hybridized carbons (Fsp3) is 0.273. The van der Waals surface area contributed by atoms with Crippen LogP contribution in [0.15, 0.2) is 48.5 Å². The first-order valence-electron chi connectivity index (χ1n) is 8.74. The Kier molecular flexibility index (Phi) is 6.73. The molecule has 26 heavy (non-hydrogen) atoms. The SMILES string of the molecule is CCC(=O)Oc1ccc(C(C)=C(C)c2ccc(OC(=O)CC)cc2)cc1. The highest BCUT2D eigenvalue weighted by molar-refractivity contribution is 5.89. The van der Waals surface area contributed by atoms with Crippen LogP contribution in [0.25, 0.3) is 11.1 Å². The first-order valence-corrected chi connectivity index (χ1v) is 8.74. The number of allylic oxidation sites excluding steroid dienone is 2. The summed E-state index contributed by atoms with van der Waals surface area (Å²) in [6, 6.07) is 15.0. The minimum Gasteiger partial charge on any atom is -0.427 e. The number of esters is 2. The topological polar surface area (TPSA) is 52.6 Å². The lowest BCUT2D eigenvalue weighted by atomic mass is 9.97. The van der Waals surface area contributed by atoms with E-state index in [2.05, 4.69) is 0 Å². The Hall–Kier alpha value is -2.88. The van der Waals surface area contributed by atoms with Crippen LogP contribution in [0.3, 0.4) is 0 Å². The van der Waals surface area contributed by atoms with Crippen LogP contribution >= 0.6 is 0 Å². The van der Waals surface area contributed by atoms with Crippen LogP contribution < -0.4 is 9.47 Å². The number of rotatable bonds is 6. The lowest BCUT2D eigenvalue weighted by molar-refractivity contribution is -0.134. The lowest BCUT2D eigenvalue weighted by Gasteiger charge is -2.11. The number of hydrogen-bond acceptors (Lipinski definition) is 4. The first kappa shape index (κ1) is 19.4. The van der Waals surface area contributed by atoms with Gasteiger partial charge in [0.2, 0.25) is 0 Å². The molecule has 0 aliphatic carbocycles. The molecule has 0 N–H and O–H groups in total. The third kappa shape index (κ3) is 5.06. The second kappa shape index (κ2) is 8.99. The molecule has 0 unspecified atom stereocenters. The second-order valence-electron chi connectivity index (χ2n) is 5.95. The van der Waals surface area contributed by atoms with Crippen LogP contribution in [0.4, 0.5) is 0 Å². The smallest absolute Gasteiger partial charge is 0.310 e. The van der Waals surface area contributed by atoms with Crippen molar-refractivity contribution in [3.8, 4) is 11.5 Å². The number of hydrogen-bond donors (Lipinski definition) is 0. The molecule has 136 valence electrons. The zero-order chi connectivity index (χ0) is 19.1. The number of carbonyl (C=O) groups excluding carboxylic acids is 2. The molecule has 0 atom stereocenters. The number of benzene rings is 2. The summed E-state index contributed by atoms with van der Waals surface area (Å²) in [5.41, 5.74) is 4.36. The number of carbonyl (C=O) groups is 2. The van der Waals surface area contributed by atoms with Crippen molar-refractivity contribution >= 4 is 23.1 Å². The van der Waals surface area contributed by atoms with Gasteiger partial charge in [0.25, 0.3) is 0 Å². The van der Waals surface area contributed by atoms with Gasteiger partial charge in [0.15, 0.2) is 0 Å². The first-order chi connectivity index (χ1) is 12.4. The lowest BCUT2D eigenvalue weighted by Crippen LogP contribution is -2.05. The average molecular weight is 352 g/mol. The standard InChI is InChI=1S/C22H24O4/c1-5-21(23)25-19-11-7-17(8-12-19)15(3)16(4)18-9-13-20(14-10-18)26-22(24)6-2/h7-14H,5-6H2,1-4H3. The molecule has 0 radical (unpaired) electrons. The normalized spacial score (nSPS) is 11.5.